The molecule has 0 aliphatic heterocycles. The lowest BCUT2D eigenvalue weighted by Gasteiger charge is -2.19. The van der Waals surface area contributed by atoms with Gasteiger partial charge in [-0.25, -0.2) is 0 Å². The summed E-state index contributed by atoms with van der Waals surface area (Å²) in [6.45, 7) is 3.99. The van der Waals surface area contributed by atoms with Gasteiger partial charge in [0.05, 0.1) is 0 Å². The molecule has 0 aliphatic carbocycles. The van der Waals surface area contributed by atoms with Crippen molar-refractivity contribution in [2.75, 3.05) is 7.05 Å². The summed E-state index contributed by atoms with van der Waals surface area (Å²) >= 11 is 0. The molecular weight excluding hydrogens is 410 g/mol. The number of carbonyl (C=O) groups is 3. The molecule has 2 aromatic heterocycles. The maximum absolute atomic E-state index is 12.6. The second-order valence-electron chi connectivity index (χ2n) is 7.47. The van der Waals surface area contributed by atoms with Crippen LogP contribution < -0.4 is 16.0 Å². The van der Waals surface area contributed by atoms with Gasteiger partial charge in [0.1, 0.15) is 11.8 Å². The third-order valence-corrected chi connectivity index (χ3v) is 4.78. The molecule has 0 radical (unpaired) electrons. The van der Waals surface area contributed by atoms with Crippen LogP contribution in [0.1, 0.15) is 40.5 Å². The third kappa shape index (κ3) is 5.57. The standard InChI is InChI=1S/C23H25N5O4/c1-14(2)20(23(31)24-3)27-22(30)19-10-9-18(32-19)16-7-4-6-15(12-16)13-25-21(29)17-8-5-11-26-28-17/h4-12,14,20H,13H2,1-3H3,(H,24,31)(H,25,29)(H,27,30)/t20-/m0/s1. The Morgan fingerprint density at radius 3 is 2.53 bits per heavy atom. The first-order chi connectivity index (χ1) is 15.4. The predicted molar refractivity (Wildman–Crippen MR) is 118 cm³/mol. The fourth-order valence-corrected chi connectivity index (χ4v) is 3.05. The van der Waals surface area contributed by atoms with Gasteiger partial charge in [-0.15, -0.1) is 5.10 Å². The number of nitrogens with zero attached hydrogens (tertiary/aromatic N) is 2. The minimum absolute atomic E-state index is 0.0814. The lowest BCUT2D eigenvalue weighted by Crippen LogP contribution is -2.48. The van der Waals surface area contributed by atoms with Crippen LogP contribution in [-0.2, 0) is 11.3 Å². The largest absolute Gasteiger partial charge is 0.451 e. The topological polar surface area (TPSA) is 126 Å². The van der Waals surface area contributed by atoms with E-state index in [1.165, 1.54) is 13.2 Å². The summed E-state index contributed by atoms with van der Waals surface area (Å²) in [6.07, 6.45) is 1.50. The Morgan fingerprint density at radius 1 is 1.03 bits per heavy atom. The lowest BCUT2D eigenvalue weighted by molar-refractivity contribution is -0.123. The minimum atomic E-state index is -0.665. The Labute approximate surface area is 185 Å². The average molecular weight is 435 g/mol. The highest BCUT2D eigenvalue weighted by Gasteiger charge is 2.25. The van der Waals surface area contributed by atoms with Crippen LogP contribution in [0.4, 0.5) is 0 Å². The van der Waals surface area contributed by atoms with E-state index in [0.717, 1.165) is 11.1 Å². The van der Waals surface area contributed by atoms with E-state index in [-0.39, 0.29) is 29.2 Å². The van der Waals surface area contributed by atoms with Gasteiger partial charge in [-0.2, -0.15) is 5.10 Å². The van der Waals surface area contributed by atoms with Crippen LogP contribution in [0.25, 0.3) is 11.3 Å². The molecule has 0 spiro atoms. The smallest absolute Gasteiger partial charge is 0.287 e. The van der Waals surface area contributed by atoms with E-state index in [4.69, 9.17) is 4.42 Å². The minimum Gasteiger partial charge on any atom is -0.451 e. The Balaban J connectivity index is 1.67. The second kappa shape index (κ2) is 10.3. The number of aromatic nitrogens is 2. The molecule has 9 heteroatoms. The third-order valence-electron chi connectivity index (χ3n) is 4.78. The van der Waals surface area contributed by atoms with Gasteiger partial charge in [-0.1, -0.05) is 32.0 Å². The van der Waals surface area contributed by atoms with E-state index < -0.39 is 11.9 Å². The van der Waals surface area contributed by atoms with Gasteiger partial charge < -0.3 is 20.4 Å². The highest BCUT2D eigenvalue weighted by Crippen LogP contribution is 2.23. The van der Waals surface area contributed by atoms with Crippen LogP contribution in [0.15, 0.2) is 59.1 Å². The van der Waals surface area contributed by atoms with Crippen molar-refractivity contribution in [1.29, 1.82) is 0 Å². The Hall–Kier alpha value is -4.01. The van der Waals surface area contributed by atoms with Crippen molar-refractivity contribution in [3.63, 3.8) is 0 Å². The summed E-state index contributed by atoms with van der Waals surface area (Å²) in [6, 6.07) is 13.2. The van der Waals surface area contributed by atoms with E-state index in [1.807, 2.05) is 38.1 Å². The number of benzene rings is 1. The fourth-order valence-electron chi connectivity index (χ4n) is 3.05. The Morgan fingerprint density at radius 2 is 1.84 bits per heavy atom. The maximum Gasteiger partial charge on any atom is 0.287 e. The van der Waals surface area contributed by atoms with Gasteiger partial charge in [-0.3, -0.25) is 14.4 Å². The summed E-state index contributed by atoms with van der Waals surface area (Å²) in [4.78, 5) is 36.7. The molecule has 166 valence electrons. The van der Waals surface area contributed by atoms with Crippen molar-refractivity contribution in [3.05, 3.63) is 71.7 Å². The van der Waals surface area contributed by atoms with Crippen molar-refractivity contribution in [2.45, 2.75) is 26.4 Å². The van der Waals surface area contributed by atoms with Crippen molar-refractivity contribution in [1.82, 2.24) is 26.1 Å². The summed E-state index contributed by atoms with van der Waals surface area (Å²) in [5.74, 6) is -0.533. The van der Waals surface area contributed by atoms with Crippen molar-refractivity contribution >= 4 is 17.7 Å². The Bertz CT molecular complexity index is 1090. The molecule has 1 aromatic carbocycles. The number of carbonyl (C=O) groups excluding carboxylic acids is 3. The molecular formula is C23H25N5O4. The van der Waals surface area contributed by atoms with Gasteiger partial charge in [0, 0.05) is 25.4 Å². The summed E-state index contributed by atoms with van der Waals surface area (Å²) < 4.78 is 5.73. The molecule has 0 saturated heterocycles. The van der Waals surface area contributed by atoms with Crippen LogP contribution in [0.5, 0.6) is 0 Å². The van der Waals surface area contributed by atoms with Crippen LogP contribution in [0.3, 0.4) is 0 Å². The molecule has 32 heavy (non-hydrogen) atoms. The maximum atomic E-state index is 12.6. The van der Waals surface area contributed by atoms with E-state index in [9.17, 15) is 14.4 Å². The van der Waals surface area contributed by atoms with E-state index in [0.29, 0.717) is 12.3 Å². The quantitative estimate of drug-likeness (QED) is 0.498. The van der Waals surface area contributed by atoms with E-state index >= 15 is 0 Å². The average Bonchev–Trinajstić information content (AvgIpc) is 3.31. The van der Waals surface area contributed by atoms with Gasteiger partial charge in [0.25, 0.3) is 11.8 Å². The van der Waals surface area contributed by atoms with Gasteiger partial charge >= 0.3 is 0 Å². The summed E-state index contributed by atoms with van der Waals surface area (Å²) in [7, 11) is 1.53. The van der Waals surface area contributed by atoms with Gasteiger partial charge in [-0.05, 0) is 41.8 Å². The molecule has 9 nitrogen and oxygen atoms in total. The van der Waals surface area contributed by atoms with Crippen LogP contribution in [-0.4, -0.2) is 41.0 Å². The Kier molecular flexibility index (Phi) is 7.33. The number of nitrogens with one attached hydrogen (secondary N) is 3. The van der Waals surface area contributed by atoms with Gasteiger partial charge in [0.2, 0.25) is 5.91 Å². The summed E-state index contributed by atoms with van der Waals surface area (Å²) in [5, 5.41) is 15.5. The van der Waals surface area contributed by atoms with Crippen molar-refractivity contribution in [2.24, 2.45) is 5.92 Å². The molecule has 0 saturated carbocycles. The molecule has 2 heterocycles. The number of likely N-dealkylation sites (N-methyl/N-ethyl adjacent to an activating group) is 1. The van der Waals surface area contributed by atoms with Crippen molar-refractivity contribution in [3.8, 4) is 11.3 Å². The molecule has 1 atom stereocenters. The first kappa shape index (κ1) is 22.7. The number of amides is 3. The number of rotatable bonds is 8. The number of furan rings is 1. The molecule has 3 amide bonds. The lowest BCUT2D eigenvalue weighted by atomic mass is 10.0. The van der Waals surface area contributed by atoms with Crippen LogP contribution >= 0.6 is 0 Å². The highest BCUT2D eigenvalue weighted by atomic mass is 16.4. The molecule has 3 N–H and O–H groups in total. The first-order valence-electron chi connectivity index (χ1n) is 10.2. The predicted octanol–water partition coefficient (Wildman–Crippen LogP) is 2.17. The molecule has 0 aliphatic rings. The van der Waals surface area contributed by atoms with E-state index in [1.54, 1.807) is 24.3 Å². The SMILES string of the molecule is CNC(=O)[C@@H](NC(=O)c1ccc(-c2cccc(CNC(=O)c3cccnn3)c2)o1)C(C)C. The fraction of sp³-hybridized carbons (Fsp3) is 0.261. The zero-order valence-corrected chi connectivity index (χ0v) is 18.1. The zero-order valence-electron chi connectivity index (χ0n) is 18.1. The monoisotopic (exact) mass is 435 g/mol. The van der Waals surface area contributed by atoms with Gasteiger partial charge in [0.15, 0.2) is 11.5 Å². The molecule has 0 bridgehead atoms. The van der Waals surface area contributed by atoms with Crippen LogP contribution in [0, 0.1) is 5.92 Å². The highest BCUT2D eigenvalue weighted by molar-refractivity contribution is 5.96. The van der Waals surface area contributed by atoms with Crippen LogP contribution in [0.2, 0.25) is 0 Å². The first-order valence-corrected chi connectivity index (χ1v) is 10.2. The molecule has 0 fully saturated rings. The van der Waals surface area contributed by atoms with E-state index in [2.05, 4.69) is 26.1 Å². The second-order valence-corrected chi connectivity index (χ2v) is 7.47. The number of hydrogen-bond acceptors (Lipinski definition) is 6. The normalized spacial score (nSPS) is 11.6. The molecule has 3 aromatic rings. The number of hydrogen-bond donors (Lipinski definition) is 3. The molecule has 3 rings (SSSR count). The van der Waals surface area contributed by atoms with Crippen molar-refractivity contribution < 1.29 is 18.8 Å². The molecule has 0 unspecified atom stereocenters. The summed E-state index contributed by atoms with van der Waals surface area (Å²) in [5.41, 5.74) is 1.84. The zero-order chi connectivity index (χ0) is 23.1.